The highest BCUT2D eigenvalue weighted by atomic mass is 35.5. The molecular formula is C19H17ClN2O4. The van der Waals surface area contributed by atoms with E-state index in [-0.39, 0.29) is 11.6 Å². The standard InChI is InChI=1S/C19H17ClN2O4/c1-24-14-8-7-12(20)9-11(14)10-13-19(23)22-18(21-13)17-15(25-2)5-4-6-16(17)26-3/h4-10H,1-3H3,(H,21,22,23)/b13-10+. The molecule has 7 heteroatoms. The second-order valence-corrected chi connectivity index (χ2v) is 5.80. The molecule has 0 bridgehead atoms. The van der Waals surface area contributed by atoms with E-state index >= 15 is 0 Å². The Kier molecular flexibility index (Phi) is 5.14. The van der Waals surface area contributed by atoms with Gasteiger partial charge in [-0.05, 0) is 36.4 Å². The number of benzene rings is 2. The number of nitrogens with one attached hydrogen (secondary N) is 1. The molecule has 1 N–H and O–H groups in total. The molecule has 0 radical (unpaired) electrons. The van der Waals surface area contributed by atoms with Crippen LogP contribution in [0.2, 0.25) is 5.02 Å². The lowest BCUT2D eigenvalue weighted by Crippen LogP contribution is -2.25. The summed E-state index contributed by atoms with van der Waals surface area (Å²) in [7, 11) is 4.64. The summed E-state index contributed by atoms with van der Waals surface area (Å²) in [6.45, 7) is 0. The van der Waals surface area contributed by atoms with Gasteiger partial charge in [0.25, 0.3) is 5.91 Å². The highest BCUT2D eigenvalue weighted by Gasteiger charge is 2.26. The molecule has 1 aliphatic rings. The van der Waals surface area contributed by atoms with E-state index in [2.05, 4.69) is 10.3 Å². The number of hydrogen-bond acceptors (Lipinski definition) is 5. The van der Waals surface area contributed by atoms with Crippen molar-refractivity contribution in [2.75, 3.05) is 21.3 Å². The van der Waals surface area contributed by atoms with Gasteiger partial charge in [-0.2, -0.15) is 0 Å². The van der Waals surface area contributed by atoms with E-state index in [0.717, 1.165) is 0 Å². The van der Waals surface area contributed by atoms with Gasteiger partial charge in [-0.1, -0.05) is 17.7 Å². The zero-order valence-electron chi connectivity index (χ0n) is 14.5. The van der Waals surface area contributed by atoms with Crippen molar-refractivity contribution in [1.29, 1.82) is 0 Å². The lowest BCUT2D eigenvalue weighted by atomic mass is 10.1. The van der Waals surface area contributed by atoms with Crippen LogP contribution in [0, 0.1) is 0 Å². The minimum atomic E-state index is -0.338. The van der Waals surface area contributed by atoms with E-state index in [0.29, 0.717) is 39.2 Å². The third-order valence-corrected chi connectivity index (χ3v) is 4.08. The van der Waals surface area contributed by atoms with Gasteiger partial charge in [-0.15, -0.1) is 0 Å². The summed E-state index contributed by atoms with van der Waals surface area (Å²) < 4.78 is 16.1. The Balaban J connectivity index is 2.08. The van der Waals surface area contributed by atoms with Crippen molar-refractivity contribution in [2.45, 2.75) is 0 Å². The number of nitrogens with zero attached hydrogens (tertiary/aromatic N) is 1. The largest absolute Gasteiger partial charge is 0.496 e. The Bertz CT molecular complexity index is 900. The van der Waals surface area contributed by atoms with Crippen molar-refractivity contribution < 1.29 is 19.0 Å². The zero-order chi connectivity index (χ0) is 18.7. The number of amides is 1. The van der Waals surface area contributed by atoms with Crippen molar-refractivity contribution in [3.05, 3.63) is 58.2 Å². The molecule has 0 fully saturated rings. The third kappa shape index (κ3) is 3.36. The summed E-state index contributed by atoms with van der Waals surface area (Å²) in [5.74, 6) is 1.70. The monoisotopic (exact) mass is 372 g/mol. The lowest BCUT2D eigenvalue weighted by molar-refractivity contribution is -0.115. The number of aliphatic imine (C=N–C) groups is 1. The Labute approximate surface area is 156 Å². The van der Waals surface area contributed by atoms with Gasteiger partial charge in [-0.25, -0.2) is 4.99 Å². The van der Waals surface area contributed by atoms with E-state index < -0.39 is 0 Å². The second-order valence-electron chi connectivity index (χ2n) is 5.37. The summed E-state index contributed by atoms with van der Waals surface area (Å²) >= 11 is 6.05. The van der Waals surface area contributed by atoms with Gasteiger partial charge >= 0.3 is 0 Å². The first kappa shape index (κ1) is 17.8. The van der Waals surface area contributed by atoms with Crippen LogP contribution in [0.5, 0.6) is 17.2 Å². The summed E-state index contributed by atoms with van der Waals surface area (Å²) in [6, 6.07) is 10.5. The molecule has 0 atom stereocenters. The van der Waals surface area contributed by atoms with Crippen molar-refractivity contribution in [3.63, 3.8) is 0 Å². The van der Waals surface area contributed by atoms with Crippen molar-refractivity contribution in [3.8, 4) is 17.2 Å². The predicted octanol–water partition coefficient (Wildman–Crippen LogP) is 3.28. The maximum atomic E-state index is 12.4. The van der Waals surface area contributed by atoms with Crippen molar-refractivity contribution in [1.82, 2.24) is 5.32 Å². The van der Waals surface area contributed by atoms with Crippen LogP contribution >= 0.6 is 11.6 Å². The molecule has 0 saturated heterocycles. The maximum Gasteiger partial charge on any atom is 0.275 e. The normalized spacial score (nSPS) is 14.8. The number of carbonyl (C=O) groups is 1. The Morgan fingerprint density at radius 3 is 2.27 bits per heavy atom. The van der Waals surface area contributed by atoms with Gasteiger partial charge < -0.3 is 19.5 Å². The number of halogens is 1. The van der Waals surface area contributed by atoms with Crippen LogP contribution in [0.3, 0.4) is 0 Å². The molecule has 0 aromatic heterocycles. The van der Waals surface area contributed by atoms with Crippen LogP contribution < -0.4 is 19.5 Å². The molecule has 0 aliphatic carbocycles. The SMILES string of the molecule is COc1ccc(Cl)cc1/C=C1/N=C(c2c(OC)cccc2OC)NC1=O. The lowest BCUT2D eigenvalue weighted by Gasteiger charge is -2.12. The summed E-state index contributed by atoms with van der Waals surface area (Å²) in [5, 5.41) is 3.28. The molecule has 1 aliphatic heterocycles. The fraction of sp³-hybridized carbons (Fsp3) is 0.158. The number of hydrogen-bond donors (Lipinski definition) is 1. The average molecular weight is 373 g/mol. The molecule has 2 aromatic carbocycles. The fourth-order valence-corrected chi connectivity index (χ4v) is 2.82. The van der Waals surface area contributed by atoms with E-state index in [1.54, 1.807) is 63.8 Å². The predicted molar refractivity (Wildman–Crippen MR) is 100 cm³/mol. The number of amidine groups is 1. The summed E-state index contributed by atoms with van der Waals surface area (Å²) in [6.07, 6.45) is 1.62. The van der Waals surface area contributed by atoms with Gasteiger partial charge in [0.05, 0.1) is 21.3 Å². The molecule has 1 amide bonds. The smallest absolute Gasteiger partial charge is 0.275 e. The van der Waals surface area contributed by atoms with E-state index in [9.17, 15) is 4.79 Å². The molecule has 26 heavy (non-hydrogen) atoms. The molecular weight excluding hydrogens is 356 g/mol. The van der Waals surface area contributed by atoms with Crippen LogP contribution in [0.25, 0.3) is 6.08 Å². The van der Waals surface area contributed by atoms with Gasteiger partial charge in [0, 0.05) is 10.6 Å². The van der Waals surface area contributed by atoms with E-state index in [4.69, 9.17) is 25.8 Å². The molecule has 3 rings (SSSR count). The van der Waals surface area contributed by atoms with Gasteiger partial charge in [0.15, 0.2) is 0 Å². The highest BCUT2D eigenvalue weighted by molar-refractivity contribution is 6.30. The third-order valence-electron chi connectivity index (χ3n) is 3.85. The molecule has 134 valence electrons. The number of methoxy groups -OCH3 is 3. The minimum absolute atomic E-state index is 0.230. The van der Waals surface area contributed by atoms with Crippen LogP contribution in [-0.2, 0) is 4.79 Å². The average Bonchev–Trinajstić information content (AvgIpc) is 3.01. The first-order valence-corrected chi connectivity index (χ1v) is 8.11. The van der Waals surface area contributed by atoms with E-state index in [1.807, 2.05) is 0 Å². The highest BCUT2D eigenvalue weighted by Crippen LogP contribution is 2.31. The topological polar surface area (TPSA) is 69.2 Å². The van der Waals surface area contributed by atoms with E-state index in [1.165, 1.54) is 0 Å². The minimum Gasteiger partial charge on any atom is -0.496 e. The van der Waals surface area contributed by atoms with Crippen LogP contribution in [0.15, 0.2) is 47.1 Å². The number of carbonyl (C=O) groups excluding carboxylic acids is 1. The van der Waals surface area contributed by atoms with Crippen molar-refractivity contribution >= 4 is 29.4 Å². The molecule has 0 unspecified atom stereocenters. The number of rotatable bonds is 5. The second kappa shape index (κ2) is 7.49. The Hall–Kier alpha value is -2.99. The van der Waals surface area contributed by atoms with Gasteiger partial charge in [0.2, 0.25) is 0 Å². The first-order valence-electron chi connectivity index (χ1n) is 7.74. The number of ether oxygens (including phenoxy) is 3. The quantitative estimate of drug-likeness (QED) is 0.818. The van der Waals surface area contributed by atoms with Gasteiger partial charge in [0.1, 0.15) is 34.3 Å². The molecule has 6 nitrogen and oxygen atoms in total. The molecule has 0 saturated carbocycles. The Morgan fingerprint density at radius 1 is 1.00 bits per heavy atom. The summed E-state index contributed by atoms with van der Waals surface area (Å²) in [5.41, 5.74) is 1.46. The van der Waals surface area contributed by atoms with Crippen LogP contribution in [-0.4, -0.2) is 33.1 Å². The zero-order valence-corrected chi connectivity index (χ0v) is 15.3. The molecule has 2 aromatic rings. The fourth-order valence-electron chi connectivity index (χ4n) is 2.64. The molecule has 0 spiro atoms. The van der Waals surface area contributed by atoms with Crippen LogP contribution in [0.4, 0.5) is 0 Å². The molecule has 1 heterocycles. The van der Waals surface area contributed by atoms with Crippen LogP contribution in [0.1, 0.15) is 11.1 Å². The summed E-state index contributed by atoms with van der Waals surface area (Å²) in [4.78, 5) is 16.8. The Morgan fingerprint density at radius 2 is 1.65 bits per heavy atom. The maximum absolute atomic E-state index is 12.4. The van der Waals surface area contributed by atoms with Gasteiger partial charge in [-0.3, -0.25) is 4.79 Å². The first-order chi connectivity index (χ1) is 12.6. The van der Waals surface area contributed by atoms with Crippen molar-refractivity contribution in [2.24, 2.45) is 4.99 Å².